The highest BCUT2D eigenvalue weighted by molar-refractivity contribution is 7.99. The second-order valence-corrected chi connectivity index (χ2v) is 3.82. The maximum absolute atomic E-state index is 9.02. The van der Waals surface area contributed by atoms with Crippen molar-refractivity contribution >= 4 is 25.1 Å². The highest BCUT2D eigenvalue weighted by Crippen LogP contribution is 2.16. The number of hydrogen-bond acceptors (Lipinski definition) is 2. The zero-order valence-corrected chi connectivity index (χ0v) is 7.84. The summed E-state index contributed by atoms with van der Waals surface area (Å²) in [7, 11) is 5.52. The lowest BCUT2D eigenvalue weighted by atomic mass is 9.97. The van der Waals surface area contributed by atoms with E-state index in [0.29, 0.717) is 0 Å². The van der Waals surface area contributed by atoms with E-state index in [1.165, 1.54) is 0 Å². The monoisotopic (exact) mass is 178 g/mol. The van der Waals surface area contributed by atoms with Gasteiger partial charge in [-0.25, -0.2) is 0 Å². The van der Waals surface area contributed by atoms with Crippen LogP contribution in [0.3, 0.4) is 0 Å². The molecule has 2 radical (unpaired) electrons. The van der Waals surface area contributed by atoms with Gasteiger partial charge in [0.1, 0.15) is 7.85 Å². The molecule has 0 fully saturated rings. The van der Waals surface area contributed by atoms with Gasteiger partial charge in [-0.2, -0.15) is 0 Å². The molecule has 0 bridgehead atoms. The van der Waals surface area contributed by atoms with Crippen molar-refractivity contribution in [3.8, 4) is 0 Å². The molecule has 0 aliphatic rings. The number of hydrogen-bond donors (Lipinski definition) is 1. The molecule has 0 aliphatic carbocycles. The minimum absolute atomic E-state index is 0.257. The molecular weight excluding hydrogens is 167 g/mol. The molecule has 1 N–H and O–H groups in total. The minimum Gasteiger partial charge on any atom is -0.393 e. The number of aliphatic hydroxyl groups excluding tert-OH is 1. The summed E-state index contributed by atoms with van der Waals surface area (Å²) in [4.78, 5) is 1.14. The molecule has 0 aromatic heterocycles. The molecule has 1 atom stereocenters. The summed E-state index contributed by atoms with van der Waals surface area (Å²) in [5.74, 6) is 0.726. The molecule has 0 saturated carbocycles. The highest BCUT2D eigenvalue weighted by atomic mass is 32.2. The molecule has 1 nitrogen and oxygen atoms in total. The number of benzene rings is 1. The Hall–Kier alpha value is -0.405. The van der Waals surface area contributed by atoms with E-state index < -0.39 is 0 Å². The first-order valence-corrected chi connectivity index (χ1v) is 4.83. The smallest absolute Gasteiger partial charge is 0.113 e. The van der Waals surface area contributed by atoms with Gasteiger partial charge in [0.25, 0.3) is 0 Å². The summed E-state index contributed by atoms with van der Waals surface area (Å²) in [5, 5.41) is 9.02. The Bertz CT molecular complexity index is 233. The Morgan fingerprint density at radius 2 is 2.00 bits per heavy atom. The summed E-state index contributed by atoms with van der Waals surface area (Å²) in [5.41, 5.74) is 0.774. The lowest BCUT2D eigenvalue weighted by Crippen LogP contribution is -2.03. The lowest BCUT2D eigenvalue weighted by Gasteiger charge is -2.03. The molecule has 1 aromatic rings. The maximum Gasteiger partial charge on any atom is 0.113 e. The normalized spacial score (nSPS) is 12.8. The van der Waals surface area contributed by atoms with Crippen molar-refractivity contribution in [2.75, 3.05) is 5.75 Å². The summed E-state index contributed by atoms with van der Waals surface area (Å²) in [6, 6.07) is 7.65. The van der Waals surface area contributed by atoms with E-state index in [0.717, 1.165) is 16.1 Å². The lowest BCUT2D eigenvalue weighted by molar-refractivity contribution is 0.220. The second kappa shape index (κ2) is 4.58. The molecule has 0 saturated heterocycles. The van der Waals surface area contributed by atoms with Gasteiger partial charge in [-0.05, 0) is 19.1 Å². The molecule has 62 valence electrons. The van der Waals surface area contributed by atoms with Crippen LogP contribution in [0.15, 0.2) is 29.2 Å². The van der Waals surface area contributed by atoms with Crippen molar-refractivity contribution in [1.82, 2.24) is 0 Å². The van der Waals surface area contributed by atoms with Crippen LogP contribution >= 0.6 is 11.8 Å². The predicted molar refractivity (Wildman–Crippen MR) is 54.2 cm³/mol. The molecule has 1 rings (SSSR count). The Labute approximate surface area is 78.6 Å². The third kappa shape index (κ3) is 3.33. The van der Waals surface area contributed by atoms with Gasteiger partial charge < -0.3 is 5.11 Å². The van der Waals surface area contributed by atoms with Crippen LogP contribution in [0, 0.1) is 0 Å². The number of aliphatic hydroxyl groups is 1. The molecule has 0 amide bonds. The third-order valence-electron chi connectivity index (χ3n) is 1.37. The summed E-state index contributed by atoms with van der Waals surface area (Å²) >= 11 is 1.63. The standard InChI is InChI=1S/C9H11BOS/c1-7(11)6-12-9-4-2-8(10)3-5-9/h2-5,7,11H,6H2,1H3. The average molecular weight is 178 g/mol. The number of rotatable bonds is 3. The van der Waals surface area contributed by atoms with Crippen LogP contribution in [0.4, 0.5) is 0 Å². The van der Waals surface area contributed by atoms with E-state index >= 15 is 0 Å². The van der Waals surface area contributed by atoms with Crippen LogP contribution in [0.25, 0.3) is 0 Å². The summed E-state index contributed by atoms with van der Waals surface area (Å²) < 4.78 is 0. The van der Waals surface area contributed by atoms with Crippen molar-refractivity contribution in [1.29, 1.82) is 0 Å². The van der Waals surface area contributed by atoms with E-state index in [-0.39, 0.29) is 6.10 Å². The van der Waals surface area contributed by atoms with Gasteiger partial charge in [0, 0.05) is 10.6 Å². The van der Waals surface area contributed by atoms with Gasteiger partial charge in [-0.1, -0.05) is 17.6 Å². The Morgan fingerprint density at radius 1 is 1.42 bits per heavy atom. The van der Waals surface area contributed by atoms with Crippen molar-refractivity contribution in [2.45, 2.75) is 17.9 Å². The molecule has 12 heavy (non-hydrogen) atoms. The van der Waals surface area contributed by atoms with E-state index in [1.54, 1.807) is 18.7 Å². The van der Waals surface area contributed by atoms with Crippen molar-refractivity contribution in [2.24, 2.45) is 0 Å². The fourth-order valence-electron chi connectivity index (χ4n) is 0.781. The van der Waals surface area contributed by atoms with Crippen LogP contribution in [0.1, 0.15) is 6.92 Å². The predicted octanol–water partition coefficient (Wildman–Crippen LogP) is 0.953. The van der Waals surface area contributed by atoms with E-state index in [9.17, 15) is 0 Å². The zero-order chi connectivity index (χ0) is 8.97. The molecular formula is C9H11BOS. The fourth-order valence-corrected chi connectivity index (χ4v) is 1.54. The SMILES string of the molecule is [B]c1ccc(SCC(C)O)cc1. The van der Waals surface area contributed by atoms with Gasteiger partial charge in [0.05, 0.1) is 6.10 Å². The maximum atomic E-state index is 9.02. The van der Waals surface area contributed by atoms with Crippen LogP contribution in [-0.4, -0.2) is 24.8 Å². The van der Waals surface area contributed by atoms with Crippen LogP contribution < -0.4 is 5.46 Å². The van der Waals surface area contributed by atoms with Crippen molar-refractivity contribution in [3.05, 3.63) is 24.3 Å². The number of thioether (sulfide) groups is 1. The highest BCUT2D eigenvalue weighted by Gasteiger charge is 1.97. The minimum atomic E-state index is -0.257. The first kappa shape index (κ1) is 9.68. The second-order valence-electron chi connectivity index (χ2n) is 2.73. The zero-order valence-electron chi connectivity index (χ0n) is 7.03. The van der Waals surface area contributed by atoms with Gasteiger partial charge in [0.2, 0.25) is 0 Å². The fraction of sp³-hybridized carbons (Fsp3) is 0.333. The molecule has 3 heteroatoms. The molecule has 1 aromatic carbocycles. The van der Waals surface area contributed by atoms with Gasteiger partial charge in [0.15, 0.2) is 0 Å². The summed E-state index contributed by atoms with van der Waals surface area (Å²) in [6.07, 6.45) is -0.257. The van der Waals surface area contributed by atoms with E-state index in [2.05, 4.69) is 0 Å². The largest absolute Gasteiger partial charge is 0.393 e. The van der Waals surface area contributed by atoms with Crippen molar-refractivity contribution in [3.63, 3.8) is 0 Å². The van der Waals surface area contributed by atoms with E-state index in [4.69, 9.17) is 13.0 Å². The third-order valence-corrected chi connectivity index (χ3v) is 2.63. The van der Waals surface area contributed by atoms with Gasteiger partial charge in [-0.3, -0.25) is 0 Å². The molecule has 1 unspecified atom stereocenters. The molecule has 0 heterocycles. The Kier molecular flexibility index (Phi) is 3.69. The van der Waals surface area contributed by atoms with Crippen LogP contribution in [-0.2, 0) is 0 Å². The molecule has 0 aliphatic heterocycles. The van der Waals surface area contributed by atoms with E-state index in [1.807, 2.05) is 24.3 Å². The van der Waals surface area contributed by atoms with Gasteiger partial charge >= 0.3 is 0 Å². The molecule has 0 spiro atoms. The van der Waals surface area contributed by atoms with Crippen molar-refractivity contribution < 1.29 is 5.11 Å². The first-order chi connectivity index (χ1) is 5.68. The first-order valence-electron chi connectivity index (χ1n) is 3.85. The Balaban J connectivity index is 2.48. The average Bonchev–Trinajstić information content (AvgIpc) is 2.03. The summed E-state index contributed by atoms with van der Waals surface area (Å²) in [6.45, 7) is 1.78. The topological polar surface area (TPSA) is 20.2 Å². The van der Waals surface area contributed by atoms with Crippen LogP contribution in [0.2, 0.25) is 0 Å². The quantitative estimate of drug-likeness (QED) is 0.549. The van der Waals surface area contributed by atoms with Gasteiger partial charge in [-0.15, -0.1) is 11.8 Å². The van der Waals surface area contributed by atoms with Crippen LogP contribution in [0.5, 0.6) is 0 Å². The Morgan fingerprint density at radius 3 is 2.50 bits per heavy atom.